The highest BCUT2D eigenvalue weighted by Gasteiger charge is 2.42. The summed E-state index contributed by atoms with van der Waals surface area (Å²) in [5, 5.41) is 7.66. The van der Waals surface area contributed by atoms with Gasteiger partial charge in [0, 0.05) is 45.3 Å². The van der Waals surface area contributed by atoms with E-state index in [0.717, 1.165) is 32.6 Å². The number of carbonyl (C=O) groups is 1. The lowest BCUT2D eigenvalue weighted by Gasteiger charge is -2.28. The Hall–Kier alpha value is -1.36. The highest BCUT2D eigenvalue weighted by Crippen LogP contribution is 2.39. The van der Waals surface area contributed by atoms with E-state index in [1.165, 1.54) is 18.4 Å². The molecule has 3 rings (SSSR count). The Labute approximate surface area is 133 Å². The normalized spacial score (nSPS) is 27.5. The van der Waals surface area contributed by atoms with Crippen molar-refractivity contribution in [3.05, 3.63) is 18.0 Å². The monoisotopic (exact) mass is 304 g/mol. The molecular weight excluding hydrogens is 276 g/mol. The van der Waals surface area contributed by atoms with Gasteiger partial charge >= 0.3 is 0 Å². The third-order valence-corrected chi connectivity index (χ3v) is 5.93. The van der Waals surface area contributed by atoms with Crippen LogP contribution in [0.25, 0.3) is 0 Å². The van der Waals surface area contributed by atoms with E-state index in [1.807, 2.05) is 24.1 Å². The Morgan fingerprint density at radius 3 is 2.77 bits per heavy atom. The molecule has 0 unspecified atom stereocenters. The summed E-state index contributed by atoms with van der Waals surface area (Å²) in [5.41, 5.74) is 1.54. The molecule has 1 aromatic heterocycles. The van der Waals surface area contributed by atoms with Gasteiger partial charge < -0.3 is 10.2 Å². The lowest BCUT2D eigenvalue weighted by Crippen LogP contribution is -2.38. The lowest BCUT2D eigenvalue weighted by molar-refractivity contribution is -0.134. The number of nitrogens with one attached hydrogen (secondary N) is 1. The molecule has 2 saturated heterocycles. The predicted octanol–water partition coefficient (Wildman–Crippen LogP) is 1.76. The number of nitrogens with zero attached hydrogens (tertiary/aromatic N) is 3. The van der Waals surface area contributed by atoms with Crippen LogP contribution in [0.4, 0.5) is 0 Å². The number of hydrogen-bond acceptors (Lipinski definition) is 3. The van der Waals surface area contributed by atoms with Crippen molar-refractivity contribution in [3.63, 3.8) is 0 Å². The zero-order valence-electron chi connectivity index (χ0n) is 14.0. The number of hydrogen-bond donors (Lipinski definition) is 1. The molecule has 1 amide bonds. The molecule has 1 aromatic rings. The fourth-order valence-electron chi connectivity index (χ4n) is 4.10. The van der Waals surface area contributed by atoms with E-state index in [0.29, 0.717) is 11.3 Å². The van der Waals surface area contributed by atoms with Crippen molar-refractivity contribution in [1.29, 1.82) is 0 Å². The molecule has 0 spiro atoms. The summed E-state index contributed by atoms with van der Waals surface area (Å²) in [7, 11) is 1.93. The van der Waals surface area contributed by atoms with Gasteiger partial charge in [-0.15, -0.1) is 0 Å². The van der Waals surface area contributed by atoms with E-state index in [-0.39, 0.29) is 11.8 Å². The average Bonchev–Trinajstić information content (AvgIpc) is 3.25. The minimum absolute atomic E-state index is 0.0636. The van der Waals surface area contributed by atoms with Gasteiger partial charge in [-0.05, 0) is 30.2 Å². The molecule has 0 saturated carbocycles. The van der Waals surface area contributed by atoms with Crippen molar-refractivity contribution in [2.24, 2.45) is 18.4 Å². The van der Waals surface area contributed by atoms with Gasteiger partial charge in [0.05, 0.1) is 12.1 Å². The Kier molecular flexibility index (Phi) is 4.26. The first-order valence-electron chi connectivity index (χ1n) is 8.56. The fourth-order valence-corrected chi connectivity index (χ4v) is 4.10. The third-order valence-electron chi connectivity index (χ3n) is 5.93. The molecule has 5 nitrogen and oxygen atoms in total. The van der Waals surface area contributed by atoms with Crippen LogP contribution in [-0.2, 0) is 11.8 Å². The Bertz CT molecular complexity index is 535. The summed E-state index contributed by atoms with van der Waals surface area (Å²) in [6, 6.07) is 0. The first kappa shape index (κ1) is 15.5. The first-order valence-corrected chi connectivity index (χ1v) is 8.56. The minimum atomic E-state index is 0.0636. The van der Waals surface area contributed by atoms with Crippen LogP contribution in [0.3, 0.4) is 0 Å². The van der Waals surface area contributed by atoms with Crippen LogP contribution < -0.4 is 5.32 Å². The van der Waals surface area contributed by atoms with Crippen LogP contribution in [-0.4, -0.2) is 46.8 Å². The Morgan fingerprint density at radius 2 is 2.18 bits per heavy atom. The van der Waals surface area contributed by atoms with Crippen molar-refractivity contribution in [1.82, 2.24) is 20.0 Å². The lowest BCUT2D eigenvalue weighted by atomic mass is 9.82. The number of likely N-dealkylation sites (tertiary alicyclic amines) is 1. The smallest absolute Gasteiger partial charge is 0.227 e. The molecule has 2 atom stereocenters. The summed E-state index contributed by atoms with van der Waals surface area (Å²) >= 11 is 0. The molecule has 2 aliphatic rings. The maximum absolute atomic E-state index is 13.0. The summed E-state index contributed by atoms with van der Waals surface area (Å²) in [6.45, 7) is 8.05. The summed E-state index contributed by atoms with van der Waals surface area (Å²) in [4.78, 5) is 15.1. The van der Waals surface area contributed by atoms with E-state index >= 15 is 0 Å². The molecule has 2 fully saturated rings. The number of aryl methyl sites for hydroxylation is 1. The van der Waals surface area contributed by atoms with E-state index in [4.69, 9.17) is 0 Å². The van der Waals surface area contributed by atoms with E-state index in [9.17, 15) is 4.79 Å². The zero-order chi connectivity index (χ0) is 15.7. The molecule has 0 radical (unpaired) electrons. The molecular formula is C17H28N4O. The van der Waals surface area contributed by atoms with E-state index < -0.39 is 0 Å². The summed E-state index contributed by atoms with van der Waals surface area (Å²) < 4.78 is 1.82. The van der Waals surface area contributed by atoms with Gasteiger partial charge in [0.1, 0.15) is 0 Å². The van der Waals surface area contributed by atoms with Gasteiger partial charge in [0.15, 0.2) is 0 Å². The molecule has 3 heterocycles. The molecule has 2 aliphatic heterocycles. The van der Waals surface area contributed by atoms with Crippen molar-refractivity contribution >= 4 is 5.91 Å². The van der Waals surface area contributed by atoms with Crippen LogP contribution in [0, 0.1) is 11.3 Å². The molecule has 122 valence electrons. The topological polar surface area (TPSA) is 50.2 Å². The third kappa shape index (κ3) is 2.67. The second-order valence-electron chi connectivity index (χ2n) is 7.04. The highest BCUT2D eigenvalue weighted by molar-refractivity contribution is 5.81. The van der Waals surface area contributed by atoms with Gasteiger partial charge in [0.2, 0.25) is 5.91 Å². The van der Waals surface area contributed by atoms with Crippen LogP contribution >= 0.6 is 0 Å². The largest absolute Gasteiger partial charge is 0.342 e. The molecule has 0 bridgehead atoms. The van der Waals surface area contributed by atoms with Crippen molar-refractivity contribution < 1.29 is 4.79 Å². The number of aromatic nitrogens is 2. The van der Waals surface area contributed by atoms with Crippen LogP contribution in [0.15, 0.2) is 12.4 Å². The zero-order valence-corrected chi connectivity index (χ0v) is 14.0. The maximum Gasteiger partial charge on any atom is 0.227 e. The number of amides is 1. The quantitative estimate of drug-likeness (QED) is 0.922. The van der Waals surface area contributed by atoms with Gasteiger partial charge in [0.25, 0.3) is 0 Å². The van der Waals surface area contributed by atoms with Crippen molar-refractivity contribution in [3.8, 4) is 0 Å². The standard InChI is InChI=1S/C17H28N4O/c1-4-17(5-2)6-7-21(12-17)16(22)15-10-18-9-14(15)13-8-19-20(3)11-13/h8,11,14-15,18H,4-7,9-10,12H2,1-3H3/t14-,15+/m1/s1. The average molecular weight is 304 g/mol. The summed E-state index contributed by atoms with van der Waals surface area (Å²) in [5.74, 6) is 0.663. The van der Waals surface area contributed by atoms with E-state index in [1.54, 1.807) is 0 Å². The second kappa shape index (κ2) is 6.03. The molecule has 0 aromatic carbocycles. The van der Waals surface area contributed by atoms with Gasteiger partial charge in [-0.25, -0.2) is 0 Å². The Balaban J connectivity index is 1.72. The fraction of sp³-hybridized carbons (Fsp3) is 0.765. The molecule has 5 heteroatoms. The van der Waals surface area contributed by atoms with Crippen LogP contribution in [0.2, 0.25) is 0 Å². The number of carbonyl (C=O) groups excluding carboxylic acids is 1. The molecule has 1 N–H and O–H groups in total. The molecule has 0 aliphatic carbocycles. The second-order valence-corrected chi connectivity index (χ2v) is 7.04. The maximum atomic E-state index is 13.0. The van der Waals surface area contributed by atoms with Gasteiger partial charge in [-0.3, -0.25) is 9.48 Å². The van der Waals surface area contributed by atoms with Crippen LogP contribution in [0.5, 0.6) is 0 Å². The van der Waals surface area contributed by atoms with E-state index in [2.05, 4.69) is 29.2 Å². The SMILES string of the molecule is CCC1(CC)CCN(C(=O)[C@H]2CNC[C@@H]2c2cnn(C)c2)C1. The van der Waals surface area contributed by atoms with Crippen molar-refractivity contribution in [2.75, 3.05) is 26.2 Å². The first-order chi connectivity index (χ1) is 10.6. The van der Waals surface area contributed by atoms with Gasteiger partial charge in [-0.1, -0.05) is 13.8 Å². The summed E-state index contributed by atoms with van der Waals surface area (Å²) in [6.07, 6.45) is 7.45. The minimum Gasteiger partial charge on any atom is -0.342 e. The van der Waals surface area contributed by atoms with Gasteiger partial charge in [-0.2, -0.15) is 5.10 Å². The predicted molar refractivity (Wildman–Crippen MR) is 86.5 cm³/mol. The number of rotatable bonds is 4. The Morgan fingerprint density at radius 1 is 1.41 bits per heavy atom. The molecule has 22 heavy (non-hydrogen) atoms. The highest BCUT2D eigenvalue weighted by atomic mass is 16.2. The van der Waals surface area contributed by atoms with Crippen LogP contribution in [0.1, 0.15) is 44.6 Å². The van der Waals surface area contributed by atoms with Crippen molar-refractivity contribution in [2.45, 2.75) is 39.0 Å².